The van der Waals surface area contributed by atoms with E-state index in [0.717, 1.165) is 99.6 Å². The first kappa shape index (κ1) is 40.1. The van der Waals surface area contributed by atoms with Crippen LogP contribution in [0.3, 0.4) is 0 Å². The van der Waals surface area contributed by atoms with Crippen LogP contribution in [0.5, 0.6) is 0 Å². The number of hydrogen-bond acceptors (Lipinski definition) is 3. The third kappa shape index (κ3) is 8.19. The fourth-order valence-corrected chi connectivity index (χ4v) is 21.4. The molecule has 57 heavy (non-hydrogen) atoms. The molecule has 0 amide bonds. The Hall–Kier alpha value is 0.270. The molecule has 2 nitrogen and oxygen atoms in total. The Labute approximate surface area is 356 Å². The van der Waals surface area contributed by atoms with Crippen LogP contribution in [0, 0.1) is 71.0 Å². The molecule has 0 bridgehead atoms. The average Bonchev–Trinajstić information content (AvgIpc) is 3.87. The molecule has 2 saturated heterocycles. The van der Waals surface area contributed by atoms with Crippen molar-refractivity contribution >= 4 is 11.8 Å². The number of rotatable bonds is 7. The molecule has 9 unspecified atom stereocenters. The van der Waals surface area contributed by atoms with E-state index in [1.807, 2.05) is 0 Å². The SMILES string of the molecule is C1CCC(C2CCC(C3CCC(N(C4CCC(C5CCCCC5)CC4)C4CCC(C5CCCC6C7CCC8OC9CCCCC9C8C7SC56)CC4)CC3)CC2)CC1. The molecule has 0 aromatic carbocycles. The van der Waals surface area contributed by atoms with E-state index in [-0.39, 0.29) is 0 Å². The van der Waals surface area contributed by atoms with Crippen LogP contribution in [0.25, 0.3) is 0 Å². The molecule has 0 N–H and O–H groups in total. The van der Waals surface area contributed by atoms with Crippen molar-refractivity contribution in [1.29, 1.82) is 0 Å². The summed E-state index contributed by atoms with van der Waals surface area (Å²) in [7, 11) is 0. The molecule has 3 heteroatoms. The molecule has 2 heterocycles. The number of hydrogen-bond donors (Lipinski definition) is 0. The molecule has 322 valence electrons. The maximum absolute atomic E-state index is 6.89. The van der Waals surface area contributed by atoms with Gasteiger partial charge in [0.15, 0.2) is 0 Å². The second-order valence-electron chi connectivity index (χ2n) is 23.9. The van der Waals surface area contributed by atoms with Crippen LogP contribution in [0.15, 0.2) is 0 Å². The average molecular weight is 800 g/mol. The van der Waals surface area contributed by atoms with Crippen LogP contribution in [-0.4, -0.2) is 45.7 Å². The molecule has 9 atom stereocenters. The van der Waals surface area contributed by atoms with E-state index in [9.17, 15) is 0 Å². The summed E-state index contributed by atoms with van der Waals surface area (Å²) in [5.41, 5.74) is 0. The summed E-state index contributed by atoms with van der Waals surface area (Å²) >= 11 is 2.61. The lowest BCUT2D eigenvalue weighted by atomic mass is 9.62. The lowest BCUT2D eigenvalue weighted by Gasteiger charge is -2.51. The largest absolute Gasteiger partial charge is 0.374 e. The second kappa shape index (κ2) is 18.2. The van der Waals surface area contributed by atoms with Crippen molar-refractivity contribution in [2.24, 2.45) is 71.0 Å². The van der Waals surface area contributed by atoms with E-state index in [1.54, 1.807) is 148 Å². The highest BCUT2D eigenvalue weighted by Crippen LogP contribution is 2.64. The van der Waals surface area contributed by atoms with Crippen LogP contribution < -0.4 is 0 Å². The van der Waals surface area contributed by atoms with E-state index >= 15 is 0 Å². The van der Waals surface area contributed by atoms with Gasteiger partial charge in [0.1, 0.15) is 0 Å². The molecule has 9 saturated carbocycles. The normalized spacial score (nSPS) is 50.2. The Bertz CT molecular complexity index is 1260. The van der Waals surface area contributed by atoms with Gasteiger partial charge >= 0.3 is 0 Å². The quantitative estimate of drug-likeness (QED) is 0.255. The van der Waals surface area contributed by atoms with Crippen LogP contribution >= 0.6 is 11.8 Å². The zero-order valence-corrected chi connectivity index (χ0v) is 37.8. The van der Waals surface area contributed by atoms with E-state index in [1.165, 1.54) is 77.0 Å². The van der Waals surface area contributed by atoms with Gasteiger partial charge in [0.05, 0.1) is 12.2 Å². The van der Waals surface area contributed by atoms with Gasteiger partial charge in [-0.25, -0.2) is 0 Å². The second-order valence-corrected chi connectivity index (χ2v) is 25.3. The monoisotopic (exact) mass is 800 g/mol. The van der Waals surface area contributed by atoms with Crippen molar-refractivity contribution in [3.8, 4) is 0 Å². The van der Waals surface area contributed by atoms with Gasteiger partial charge in [-0.1, -0.05) is 83.5 Å². The molecule has 0 spiro atoms. The summed E-state index contributed by atoms with van der Waals surface area (Å²) in [5, 5.41) is 1.95. The molecule has 11 aliphatic rings. The highest BCUT2D eigenvalue weighted by Gasteiger charge is 2.60. The minimum atomic E-state index is 0.626. The minimum Gasteiger partial charge on any atom is -0.374 e. The fraction of sp³-hybridized carbons (Fsp3) is 1.00. The highest BCUT2D eigenvalue weighted by molar-refractivity contribution is 8.00. The molecular formula is C54H89NOS. The maximum atomic E-state index is 6.89. The minimum absolute atomic E-state index is 0.626. The summed E-state index contributed by atoms with van der Waals surface area (Å²) in [6.07, 6.45) is 55.2. The number of nitrogens with zero attached hydrogens (tertiary/aromatic N) is 1. The predicted octanol–water partition coefficient (Wildman–Crippen LogP) is 14.8. The van der Waals surface area contributed by atoms with Crippen molar-refractivity contribution < 1.29 is 4.74 Å². The third-order valence-corrected chi connectivity index (χ3v) is 23.6. The number of thioether (sulfide) groups is 1. The van der Waals surface area contributed by atoms with Crippen LogP contribution in [0.4, 0.5) is 0 Å². The predicted molar refractivity (Wildman–Crippen MR) is 241 cm³/mol. The maximum Gasteiger partial charge on any atom is 0.0621 e. The van der Waals surface area contributed by atoms with Gasteiger partial charge in [0, 0.05) is 34.5 Å². The van der Waals surface area contributed by atoms with Gasteiger partial charge in [-0.15, -0.1) is 0 Å². The van der Waals surface area contributed by atoms with Crippen molar-refractivity contribution in [1.82, 2.24) is 4.90 Å². The lowest BCUT2D eigenvalue weighted by Crippen LogP contribution is -2.53. The first-order chi connectivity index (χ1) is 28.2. The van der Waals surface area contributed by atoms with E-state index in [4.69, 9.17) is 4.74 Å². The third-order valence-electron chi connectivity index (χ3n) is 21.6. The van der Waals surface area contributed by atoms with Crippen molar-refractivity contribution in [2.75, 3.05) is 0 Å². The van der Waals surface area contributed by atoms with Crippen LogP contribution in [-0.2, 0) is 4.74 Å². The summed E-state index contributed by atoms with van der Waals surface area (Å²) in [5.74, 6) is 12.5. The summed E-state index contributed by atoms with van der Waals surface area (Å²) in [4.78, 5) is 3.37. The van der Waals surface area contributed by atoms with Crippen LogP contribution in [0.1, 0.15) is 225 Å². The highest BCUT2D eigenvalue weighted by atomic mass is 32.2. The Balaban J connectivity index is 0.732. The van der Waals surface area contributed by atoms with E-state index < -0.39 is 0 Å². The Morgan fingerprint density at radius 1 is 0.281 bits per heavy atom. The van der Waals surface area contributed by atoms with Crippen molar-refractivity contribution in [3.05, 3.63) is 0 Å². The smallest absolute Gasteiger partial charge is 0.0621 e. The molecule has 0 aromatic rings. The zero-order chi connectivity index (χ0) is 37.7. The topological polar surface area (TPSA) is 12.5 Å². The summed E-state index contributed by atoms with van der Waals surface area (Å²) < 4.78 is 6.89. The van der Waals surface area contributed by atoms with Gasteiger partial charge in [-0.2, -0.15) is 11.8 Å². The number of fused-ring (bicyclic) bond motifs is 7. The number of ether oxygens (including phenoxy) is 1. The molecule has 0 radical (unpaired) electrons. The van der Waals surface area contributed by atoms with Gasteiger partial charge in [-0.3, -0.25) is 4.90 Å². The first-order valence-electron chi connectivity index (χ1n) is 27.3. The molecule has 11 fully saturated rings. The molecule has 9 aliphatic carbocycles. The molecule has 0 aromatic heterocycles. The van der Waals surface area contributed by atoms with E-state index in [2.05, 4.69) is 16.7 Å². The molecular weight excluding hydrogens is 711 g/mol. The Kier molecular flexibility index (Phi) is 12.8. The summed E-state index contributed by atoms with van der Waals surface area (Å²) in [6.45, 7) is 0. The van der Waals surface area contributed by atoms with Gasteiger partial charge in [0.2, 0.25) is 0 Å². The van der Waals surface area contributed by atoms with Gasteiger partial charge < -0.3 is 4.74 Å². The zero-order valence-electron chi connectivity index (χ0n) is 37.0. The van der Waals surface area contributed by atoms with Crippen LogP contribution in [0.2, 0.25) is 0 Å². The molecule has 2 aliphatic heterocycles. The standard InChI is InChI=1S/C54H89NOS/c1-3-10-36(11-4-1)38-18-20-39(21-19-38)41-24-30-44(31-25-41)55(43-28-22-40(23-29-43)37-12-5-2-6-13-37)45-32-26-42(27-33-45)46-15-9-16-47-48-34-35-51-52(54(48)57-53(46)47)49-14-7-8-17-50(49)56-51/h36-54H,1-35H2. The van der Waals surface area contributed by atoms with E-state index in [0.29, 0.717) is 12.2 Å². The first-order valence-corrected chi connectivity index (χ1v) is 28.3. The van der Waals surface area contributed by atoms with Crippen molar-refractivity contribution in [2.45, 2.75) is 266 Å². The van der Waals surface area contributed by atoms with Crippen molar-refractivity contribution in [3.63, 3.8) is 0 Å². The molecule has 11 rings (SSSR count). The van der Waals surface area contributed by atoms with Gasteiger partial charge in [0.25, 0.3) is 0 Å². The Morgan fingerprint density at radius 3 is 1.26 bits per heavy atom. The van der Waals surface area contributed by atoms with Gasteiger partial charge in [-0.05, 0) is 206 Å². The summed E-state index contributed by atoms with van der Waals surface area (Å²) in [6, 6.07) is 2.73. The Morgan fingerprint density at radius 2 is 0.702 bits per heavy atom. The fourth-order valence-electron chi connectivity index (χ4n) is 18.8. The lowest BCUT2D eigenvalue weighted by molar-refractivity contribution is -0.0140.